The van der Waals surface area contributed by atoms with Crippen LogP contribution in [-0.2, 0) is 6.18 Å². The molecule has 0 N–H and O–H groups in total. The fourth-order valence-corrected chi connectivity index (χ4v) is 0.710. The van der Waals surface area contributed by atoms with E-state index >= 15 is 0 Å². The van der Waals surface area contributed by atoms with Gasteiger partial charge < -0.3 is 0 Å². The van der Waals surface area contributed by atoms with Gasteiger partial charge in [-0.2, -0.15) is 23.7 Å². The van der Waals surface area contributed by atoms with E-state index in [4.69, 9.17) is 10.5 Å². The molecule has 0 bridgehead atoms. The van der Waals surface area contributed by atoms with Gasteiger partial charge in [0.2, 0.25) is 5.82 Å². The van der Waals surface area contributed by atoms with Crippen molar-refractivity contribution in [2.24, 2.45) is 0 Å². The van der Waals surface area contributed by atoms with Gasteiger partial charge in [-0.25, -0.2) is 9.55 Å². The van der Waals surface area contributed by atoms with Gasteiger partial charge in [0.15, 0.2) is 11.9 Å². The summed E-state index contributed by atoms with van der Waals surface area (Å²) in [6.07, 6.45) is -2.75. The minimum absolute atomic E-state index is 0. The molecule has 0 radical (unpaired) electrons. The molecule has 1 rings (SSSR count). The van der Waals surface area contributed by atoms with Gasteiger partial charge in [-0.3, -0.25) is 0 Å². The van der Waals surface area contributed by atoms with E-state index in [1.54, 1.807) is 0 Å². The Morgan fingerprint density at radius 2 is 1.93 bits per heavy atom. The van der Waals surface area contributed by atoms with Crippen LogP contribution < -0.4 is 0 Å². The first-order valence-electron chi connectivity index (χ1n) is 2.96. The monoisotopic (exact) mass is 194 g/mol. The van der Waals surface area contributed by atoms with E-state index in [0.717, 1.165) is 6.20 Å². The summed E-state index contributed by atoms with van der Waals surface area (Å²) in [7, 11) is 0. The molecular weight excluding hydrogens is 192 g/mol. The summed E-state index contributed by atoms with van der Waals surface area (Å²) >= 11 is 0. The van der Waals surface area contributed by atoms with Gasteiger partial charge in [-0.15, -0.1) is 0 Å². The second-order valence-corrected chi connectivity index (χ2v) is 2.03. The number of aromatic nitrogens is 2. The number of halogens is 3. The van der Waals surface area contributed by atoms with Crippen molar-refractivity contribution in [2.75, 3.05) is 0 Å². The number of imidazole rings is 1. The summed E-state index contributed by atoms with van der Waals surface area (Å²) < 4.78 is 36.3. The van der Waals surface area contributed by atoms with E-state index < -0.39 is 17.7 Å². The third-order valence-corrected chi connectivity index (χ3v) is 1.18. The Kier molecular flexibility index (Phi) is 3.77. The zero-order valence-electron chi connectivity index (χ0n) is 6.00. The zero-order valence-corrected chi connectivity index (χ0v) is 6.00. The van der Waals surface area contributed by atoms with Crippen molar-refractivity contribution in [3.63, 3.8) is 0 Å². The molecule has 1 aromatic heterocycles. The summed E-state index contributed by atoms with van der Waals surface area (Å²) in [5.41, 5.74) is -0.436. The van der Waals surface area contributed by atoms with E-state index in [0.29, 0.717) is 0 Å². The maximum atomic E-state index is 12.0. The van der Waals surface area contributed by atoms with Crippen LogP contribution in [0.3, 0.4) is 0 Å². The molecule has 0 aliphatic carbocycles. The molecule has 8 heteroatoms. The zero-order chi connectivity index (χ0) is 10.1. The van der Waals surface area contributed by atoms with Crippen LogP contribution in [0.2, 0.25) is 0 Å². The Hall–Kier alpha value is -1.42. The first-order chi connectivity index (χ1) is 5.99. The van der Waals surface area contributed by atoms with Crippen LogP contribution in [0, 0.1) is 22.8 Å². The predicted octanol–water partition coefficient (Wildman–Crippen LogP) is 0.454. The Bertz CT molecular complexity index is 408. The second kappa shape index (κ2) is 4.19. The van der Waals surface area contributed by atoms with Gasteiger partial charge in [0.1, 0.15) is 6.07 Å². The van der Waals surface area contributed by atoms with E-state index in [-0.39, 0.29) is 23.4 Å². The molecule has 0 unspecified atom stereocenters. The molecule has 0 aromatic carbocycles. The molecule has 4 nitrogen and oxygen atoms in total. The minimum atomic E-state index is -4.72. The molecule has 0 aliphatic heterocycles. The van der Waals surface area contributed by atoms with Crippen LogP contribution >= 0.6 is 0 Å². The van der Waals surface area contributed by atoms with Gasteiger partial charge in [-0.1, -0.05) is 0 Å². The molecule has 0 fully saturated rings. The third-order valence-electron chi connectivity index (χ3n) is 1.18. The molecule has 0 atom stereocenters. The van der Waals surface area contributed by atoms with Gasteiger partial charge in [-0.05, 0) is 0 Å². The molecule has 0 aliphatic rings. The molecule has 0 saturated heterocycles. The van der Waals surface area contributed by atoms with Crippen molar-refractivity contribution in [1.82, 2.24) is 9.55 Å². The second-order valence-electron chi connectivity index (χ2n) is 2.03. The third kappa shape index (κ3) is 2.29. The van der Waals surface area contributed by atoms with Crippen molar-refractivity contribution in [1.29, 1.82) is 10.5 Å². The van der Waals surface area contributed by atoms with Crippen molar-refractivity contribution < 1.29 is 13.2 Å². The Morgan fingerprint density at radius 1 is 1.36 bits per heavy atom. The summed E-state index contributed by atoms with van der Waals surface area (Å²) in [4.78, 5) is 2.93. The van der Waals surface area contributed by atoms with Gasteiger partial charge in [0, 0.05) is 0 Å². The summed E-state index contributed by atoms with van der Waals surface area (Å²) in [6, 6.07) is 1.41. The van der Waals surface area contributed by atoms with Crippen LogP contribution in [0.4, 0.5) is 13.2 Å². The van der Waals surface area contributed by atoms with Gasteiger partial charge in [0.25, 0.3) is 0 Å². The molecule has 0 saturated carbocycles. The van der Waals surface area contributed by atoms with Crippen LogP contribution in [0.25, 0.3) is 0 Å². The Balaban J connectivity index is 0.00000169. The summed E-state index contributed by atoms with van der Waals surface area (Å²) in [5, 5.41) is 16.5. The summed E-state index contributed by atoms with van der Waals surface area (Å²) in [6.45, 7) is 0. The quantitative estimate of drug-likeness (QED) is 0.563. The van der Waals surface area contributed by atoms with E-state index in [9.17, 15) is 13.2 Å². The summed E-state index contributed by atoms with van der Waals surface area (Å²) in [5.74, 6) is -1.38. The number of nitriles is 2. The van der Waals surface area contributed by atoms with Crippen molar-refractivity contribution in [3.8, 4) is 12.3 Å². The molecule has 1 heterocycles. The predicted molar refractivity (Wildman–Crippen MR) is 40.1 cm³/mol. The molecule has 68 valence electrons. The van der Waals surface area contributed by atoms with Gasteiger partial charge >= 0.3 is 25.0 Å². The van der Waals surface area contributed by atoms with E-state index in [2.05, 4.69) is 4.98 Å². The van der Waals surface area contributed by atoms with E-state index in [1.807, 2.05) is 0 Å². The molecule has 14 heavy (non-hydrogen) atoms. The van der Waals surface area contributed by atoms with Crippen molar-refractivity contribution >= 4 is 18.9 Å². The number of hydrogen-bond donors (Lipinski definition) is 0. The number of alkyl halides is 3. The number of rotatable bonds is 0. The van der Waals surface area contributed by atoms with E-state index in [1.165, 1.54) is 12.3 Å². The van der Waals surface area contributed by atoms with Gasteiger partial charge in [0.05, 0.1) is 6.20 Å². The number of hydrogen-bond acceptors (Lipinski definition) is 3. The van der Waals surface area contributed by atoms with Crippen LogP contribution in [0.1, 0.15) is 11.5 Å². The first-order valence-corrected chi connectivity index (χ1v) is 2.96. The Morgan fingerprint density at radius 3 is 2.21 bits per heavy atom. The molecule has 0 spiro atoms. The number of nitrogens with zero attached hydrogens (tertiary/aromatic N) is 4. The van der Waals surface area contributed by atoms with Crippen molar-refractivity contribution in [3.05, 3.63) is 17.7 Å². The van der Waals surface area contributed by atoms with Crippen LogP contribution in [0.15, 0.2) is 6.20 Å². The van der Waals surface area contributed by atoms with Crippen LogP contribution in [-0.4, -0.2) is 28.4 Å². The Labute approximate surface area is 88.7 Å². The SMILES string of the molecule is N#Cc1cn(C#N)c(C(F)(F)F)n1.[LiH]. The standard InChI is InChI=1S/C6HF3N4.Li.H/c7-6(8,9)5-12-4(1-10)2-13(5)3-11;;/h2H;;. The average molecular weight is 194 g/mol. The average Bonchev–Trinajstić information content (AvgIpc) is 2.46. The molecular formula is C6H2F3LiN4. The first kappa shape index (κ1) is 12.6. The fraction of sp³-hybridized carbons (Fsp3) is 0.167. The van der Waals surface area contributed by atoms with Crippen molar-refractivity contribution in [2.45, 2.75) is 6.18 Å². The normalized spacial score (nSPS) is 9.79. The topological polar surface area (TPSA) is 65.4 Å². The van der Waals surface area contributed by atoms with Crippen LogP contribution in [0.5, 0.6) is 0 Å². The maximum absolute atomic E-state index is 12.0. The molecule has 1 aromatic rings. The fourth-order valence-electron chi connectivity index (χ4n) is 0.710. The molecule has 0 amide bonds.